The van der Waals surface area contributed by atoms with Crippen molar-refractivity contribution in [2.45, 2.75) is 25.7 Å². The molecule has 0 fully saturated rings. The highest BCUT2D eigenvalue weighted by atomic mass is 35.5. The van der Waals surface area contributed by atoms with E-state index < -0.39 is 18.8 Å². The highest BCUT2D eigenvalue weighted by Crippen LogP contribution is 2.27. The summed E-state index contributed by atoms with van der Waals surface area (Å²) >= 11 is 5.79. The molecule has 1 aromatic rings. The number of alkyl halides is 1. The summed E-state index contributed by atoms with van der Waals surface area (Å²) in [5, 5.41) is 10.0. The van der Waals surface area contributed by atoms with Gasteiger partial charge in [0.2, 0.25) is 0 Å². The van der Waals surface area contributed by atoms with Crippen LogP contribution >= 0.6 is 11.6 Å². The third-order valence-corrected chi connectivity index (χ3v) is 2.46. The summed E-state index contributed by atoms with van der Waals surface area (Å²) in [6.45, 7) is 0.965. The molecule has 14 heavy (non-hydrogen) atoms. The molecule has 1 rings (SSSR count). The molecule has 2 unspecified atom stereocenters. The molecule has 0 aliphatic rings. The van der Waals surface area contributed by atoms with Crippen molar-refractivity contribution < 1.29 is 9.50 Å². The molecule has 0 heterocycles. The minimum atomic E-state index is -0.876. The molecule has 0 bridgehead atoms. The summed E-state index contributed by atoms with van der Waals surface area (Å²) in [6.07, 6.45) is -0.876. The molecule has 0 spiro atoms. The average molecular weight is 218 g/mol. The summed E-state index contributed by atoms with van der Waals surface area (Å²) in [4.78, 5) is 0. The van der Waals surface area contributed by atoms with Gasteiger partial charge in [-0.1, -0.05) is 23.7 Å². The molecule has 0 radical (unpaired) electrons. The molecule has 0 saturated heterocycles. The van der Waals surface area contributed by atoms with Crippen LogP contribution in [0.4, 0.5) is 4.39 Å². The van der Waals surface area contributed by atoms with Crippen LogP contribution in [0.2, 0.25) is 5.02 Å². The Kier molecular flexibility index (Phi) is 3.86. The van der Waals surface area contributed by atoms with Crippen LogP contribution in [-0.4, -0.2) is 11.1 Å². The molecule has 0 aliphatic carbocycles. The number of halogens is 2. The molecule has 4 heteroatoms. The van der Waals surface area contributed by atoms with E-state index in [1.165, 1.54) is 0 Å². The second-order valence-electron chi connectivity index (χ2n) is 3.25. The summed E-state index contributed by atoms with van der Waals surface area (Å²) in [7, 11) is 0. The maximum absolute atomic E-state index is 12.6. The summed E-state index contributed by atoms with van der Waals surface area (Å²) < 4.78 is 12.6. The molecule has 3 N–H and O–H groups in total. The van der Waals surface area contributed by atoms with Crippen molar-refractivity contribution in [2.24, 2.45) is 5.73 Å². The van der Waals surface area contributed by atoms with Gasteiger partial charge < -0.3 is 10.8 Å². The summed E-state index contributed by atoms with van der Waals surface area (Å²) in [6, 6.07) is 4.45. The number of rotatable bonds is 3. The Balaban J connectivity index is 3.13. The summed E-state index contributed by atoms with van der Waals surface area (Å²) in [5.74, 6) is 0. The SMILES string of the molecule is CC(N)C(O)c1cccc(Cl)c1CF. The molecular weight excluding hydrogens is 205 g/mol. The van der Waals surface area contributed by atoms with Gasteiger partial charge in [0.05, 0.1) is 6.10 Å². The highest BCUT2D eigenvalue weighted by Gasteiger charge is 2.17. The van der Waals surface area contributed by atoms with E-state index in [0.29, 0.717) is 16.1 Å². The molecule has 0 aromatic heterocycles. The van der Waals surface area contributed by atoms with Crippen molar-refractivity contribution >= 4 is 11.6 Å². The Morgan fingerprint density at radius 1 is 1.57 bits per heavy atom. The van der Waals surface area contributed by atoms with Crippen LogP contribution < -0.4 is 5.73 Å². The molecule has 0 saturated carbocycles. The van der Waals surface area contributed by atoms with Gasteiger partial charge in [-0.2, -0.15) is 0 Å². The van der Waals surface area contributed by atoms with Crippen molar-refractivity contribution in [3.05, 3.63) is 34.3 Å². The van der Waals surface area contributed by atoms with Gasteiger partial charge in [0.25, 0.3) is 0 Å². The number of benzene rings is 1. The first kappa shape index (κ1) is 11.4. The van der Waals surface area contributed by atoms with Gasteiger partial charge in [0.15, 0.2) is 0 Å². The number of hydrogen-bond acceptors (Lipinski definition) is 2. The van der Waals surface area contributed by atoms with Gasteiger partial charge in [-0.3, -0.25) is 0 Å². The Morgan fingerprint density at radius 2 is 2.21 bits per heavy atom. The Labute approximate surface area is 87.5 Å². The lowest BCUT2D eigenvalue weighted by molar-refractivity contribution is 0.151. The molecule has 0 aliphatic heterocycles. The lowest BCUT2D eigenvalue weighted by Crippen LogP contribution is -2.25. The topological polar surface area (TPSA) is 46.2 Å². The van der Waals surface area contributed by atoms with E-state index in [0.717, 1.165) is 0 Å². The zero-order valence-electron chi connectivity index (χ0n) is 7.87. The number of aliphatic hydroxyl groups is 1. The summed E-state index contributed by atoms with van der Waals surface area (Å²) in [5.41, 5.74) is 6.31. The monoisotopic (exact) mass is 217 g/mol. The normalized spacial score (nSPS) is 15.2. The van der Waals surface area contributed by atoms with Gasteiger partial charge in [-0.25, -0.2) is 4.39 Å². The smallest absolute Gasteiger partial charge is 0.116 e. The van der Waals surface area contributed by atoms with Crippen LogP contribution in [0.1, 0.15) is 24.2 Å². The van der Waals surface area contributed by atoms with Crippen molar-refractivity contribution in [3.63, 3.8) is 0 Å². The standard InChI is InChI=1S/C10H13ClFNO/c1-6(13)10(14)7-3-2-4-9(11)8(7)5-12/h2-4,6,10,14H,5,13H2,1H3. The van der Waals surface area contributed by atoms with Crippen LogP contribution in [0.3, 0.4) is 0 Å². The van der Waals surface area contributed by atoms with E-state index in [9.17, 15) is 9.50 Å². The van der Waals surface area contributed by atoms with Crippen LogP contribution in [0.25, 0.3) is 0 Å². The van der Waals surface area contributed by atoms with E-state index >= 15 is 0 Å². The van der Waals surface area contributed by atoms with Crippen LogP contribution in [0.5, 0.6) is 0 Å². The van der Waals surface area contributed by atoms with Crippen molar-refractivity contribution in [1.29, 1.82) is 0 Å². The Bertz CT molecular complexity index is 317. The van der Waals surface area contributed by atoms with Gasteiger partial charge in [0.1, 0.15) is 6.67 Å². The van der Waals surface area contributed by atoms with Gasteiger partial charge in [0, 0.05) is 16.6 Å². The molecule has 1 aromatic carbocycles. The molecule has 78 valence electrons. The van der Waals surface area contributed by atoms with E-state index in [-0.39, 0.29) is 0 Å². The molecule has 2 nitrogen and oxygen atoms in total. The van der Waals surface area contributed by atoms with Crippen molar-refractivity contribution in [2.75, 3.05) is 0 Å². The van der Waals surface area contributed by atoms with Crippen molar-refractivity contribution in [1.82, 2.24) is 0 Å². The minimum Gasteiger partial charge on any atom is -0.387 e. The highest BCUT2D eigenvalue weighted by molar-refractivity contribution is 6.31. The Hall–Kier alpha value is -0.640. The van der Waals surface area contributed by atoms with Gasteiger partial charge in [-0.05, 0) is 18.6 Å². The fraction of sp³-hybridized carbons (Fsp3) is 0.400. The third kappa shape index (κ3) is 2.23. The maximum atomic E-state index is 12.6. The zero-order chi connectivity index (χ0) is 10.7. The second-order valence-corrected chi connectivity index (χ2v) is 3.65. The third-order valence-electron chi connectivity index (χ3n) is 2.11. The largest absolute Gasteiger partial charge is 0.387 e. The first-order valence-electron chi connectivity index (χ1n) is 4.34. The van der Waals surface area contributed by atoms with E-state index in [1.807, 2.05) is 0 Å². The lowest BCUT2D eigenvalue weighted by Gasteiger charge is -2.18. The Morgan fingerprint density at radius 3 is 2.71 bits per heavy atom. The van der Waals surface area contributed by atoms with Crippen LogP contribution in [-0.2, 0) is 6.67 Å². The minimum absolute atomic E-state index is 0.318. The van der Waals surface area contributed by atoms with Crippen LogP contribution in [0.15, 0.2) is 18.2 Å². The fourth-order valence-corrected chi connectivity index (χ4v) is 1.51. The molecule has 0 amide bonds. The first-order valence-corrected chi connectivity index (χ1v) is 4.72. The number of hydrogen-bond donors (Lipinski definition) is 2. The van der Waals surface area contributed by atoms with E-state index in [1.54, 1.807) is 25.1 Å². The number of nitrogens with two attached hydrogens (primary N) is 1. The van der Waals surface area contributed by atoms with Gasteiger partial charge >= 0.3 is 0 Å². The van der Waals surface area contributed by atoms with Crippen molar-refractivity contribution in [3.8, 4) is 0 Å². The second kappa shape index (κ2) is 4.73. The average Bonchev–Trinajstić information content (AvgIpc) is 2.16. The van der Waals surface area contributed by atoms with Crippen LogP contribution in [0, 0.1) is 0 Å². The van der Waals surface area contributed by atoms with E-state index in [2.05, 4.69) is 0 Å². The predicted molar refractivity (Wildman–Crippen MR) is 54.9 cm³/mol. The number of aliphatic hydroxyl groups excluding tert-OH is 1. The zero-order valence-corrected chi connectivity index (χ0v) is 8.63. The first-order chi connectivity index (χ1) is 6.57. The quantitative estimate of drug-likeness (QED) is 0.816. The predicted octanol–water partition coefficient (Wildman–Crippen LogP) is 2.19. The van der Waals surface area contributed by atoms with Gasteiger partial charge in [-0.15, -0.1) is 0 Å². The fourth-order valence-electron chi connectivity index (χ4n) is 1.28. The lowest BCUT2D eigenvalue weighted by atomic mass is 9.99. The van der Waals surface area contributed by atoms with E-state index in [4.69, 9.17) is 17.3 Å². The molecular formula is C10H13ClFNO. The molecule has 2 atom stereocenters. The maximum Gasteiger partial charge on any atom is 0.116 e.